The van der Waals surface area contributed by atoms with E-state index in [2.05, 4.69) is 15.6 Å². The zero-order chi connectivity index (χ0) is 17.0. The van der Waals surface area contributed by atoms with Gasteiger partial charge in [0.1, 0.15) is 10.7 Å². The normalized spacial score (nSPS) is 10.7. The minimum Gasteiger partial charge on any atom is -0.350 e. The molecule has 0 atom stereocenters. The van der Waals surface area contributed by atoms with Crippen LogP contribution in [0.25, 0.3) is 0 Å². The average Bonchev–Trinajstić information content (AvgIpc) is 2.95. The Kier molecular flexibility index (Phi) is 5.70. The molecule has 0 aliphatic rings. The molecule has 1 aromatic carbocycles. The number of hydrogen-bond acceptors (Lipinski definition) is 5. The van der Waals surface area contributed by atoms with Crippen molar-refractivity contribution < 1.29 is 9.59 Å². The predicted octanol–water partition coefficient (Wildman–Crippen LogP) is 2.65. The maximum absolute atomic E-state index is 12.3. The first-order valence-electron chi connectivity index (χ1n) is 6.97. The molecule has 0 unspecified atom stereocenters. The third kappa shape index (κ3) is 4.51. The SMILES string of the molecule is CC(C)NC(=O)c1ccc(Cl)cc1NC(=O)c1csc(CN)n1. The molecule has 8 heteroatoms. The number of nitrogens with zero attached hydrogens (tertiary/aromatic N) is 1. The van der Waals surface area contributed by atoms with Crippen LogP contribution in [0.4, 0.5) is 5.69 Å². The Bertz CT molecular complexity index is 730. The molecular formula is C15H17ClN4O2S. The van der Waals surface area contributed by atoms with E-state index in [9.17, 15) is 9.59 Å². The summed E-state index contributed by atoms with van der Waals surface area (Å²) in [6.07, 6.45) is 0. The summed E-state index contributed by atoms with van der Waals surface area (Å²) in [6, 6.07) is 4.68. The number of amides is 2. The molecule has 1 aromatic heterocycles. The smallest absolute Gasteiger partial charge is 0.275 e. The molecule has 2 amide bonds. The first-order chi connectivity index (χ1) is 10.9. The van der Waals surface area contributed by atoms with Gasteiger partial charge in [0.25, 0.3) is 11.8 Å². The number of rotatable bonds is 5. The van der Waals surface area contributed by atoms with Gasteiger partial charge in [-0.1, -0.05) is 11.6 Å². The Balaban J connectivity index is 2.25. The van der Waals surface area contributed by atoms with Crippen LogP contribution in [0, 0.1) is 0 Å². The van der Waals surface area contributed by atoms with E-state index in [1.807, 2.05) is 13.8 Å². The van der Waals surface area contributed by atoms with E-state index >= 15 is 0 Å². The van der Waals surface area contributed by atoms with Crippen molar-refractivity contribution >= 4 is 40.4 Å². The van der Waals surface area contributed by atoms with Crippen LogP contribution >= 0.6 is 22.9 Å². The number of carbonyl (C=O) groups excluding carboxylic acids is 2. The van der Waals surface area contributed by atoms with Crippen LogP contribution < -0.4 is 16.4 Å². The molecule has 6 nitrogen and oxygen atoms in total. The largest absolute Gasteiger partial charge is 0.350 e. The molecule has 0 saturated heterocycles. The molecule has 0 saturated carbocycles. The molecule has 122 valence electrons. The Morgan fingerprint density at radius 2 is 2.09 bits per heavy atom. The molecule has 4 N–H and O–H groups in total. The van der Waals surface area contributed by atoms with E-state index in [1.165, 1.54) is 17.4 Å². The first kappa shape index (κ1) is 17.4. The van der Waals surface area contributed by atoms with Crippen LogP contribution in [-0.2, 0) is 6.54 Å². The van der Waals surface area contributed by atoms with Gasteiger partial charge in [-0.05, 0) is 32.0 Å². The fraction of sp³-hybridized carbons (Fsp3) is 0.267. The van der Waals surface area contributed by atoms with Gasteiger partial charge in [-0.25, -0.2) is 4.98 Å². The number of benzene rings is 1. The molecule has 1 heterocycles. The van der Waals surface area contributed by atoms with Crippen molar-refractivity contribution in [2.75, 3.05) is 5.32 Å². The van der Waals surface area contributed by atoms with Gasteiger partial charge in [-0.15, -0.1) is 11.3 Å². The summed E-state index contributed by atoms with van der Waals surface area (Å²) in [5.74, 6) is -0.699. The Morgan fingerprint density at radius 3 is 2.70 bits per heavy atom. The zero-order valence-corrected chi connectivity index (χ0v) is 14.3. The summed E-state index contributed by atoms with van der Waals surface area (Å²) in [4.78, 5) is 28.6. The summed E-state index contributed by atoms with van der Waals surface area (Å²) in [5.41, 5.74) is 6.42. The Morgan fingerprint density at radius 1 is 1.35 bits per heavy atom. The molecule has 0 spiro atoms. The molecular weight excluding hydrogens is 336 g/mol. The van der Waals surface area contributed by atoms with Crippen LogP contribution in [0.2, 0.25) is 5.02 Å². The summed E-state index contributed by atoms with van der Waals surface area (Å²) >= 11 is 7.28. The van der Waals surface area contributed by atoms with Crippen molar-refractivity contribution in [3.63, 3.8) is 0 Å². The Labute approximate surface area is 143 Å². The number of halogens is 1. The number of thiazole rings is 1. The lowest BCUT2D eigenvalue weighted by Gasteiger charge is -2.13. The van der Waals surface area contributed by atoms with Gasteiger partial charge in [0.15, 0.2) is 0 Å². The predicted molar refractivity (Wildman–Crippen MR) is 92.0 cm³/mol. The third-order valence-electron chi connectivity index (χ3n) is 2.85. The van der Waals surface area contributed by atoms with Crippen molar-refractivity contribution in [1.29, 1.82) is 0 Å². The lowest BCUT2D eigenvalue weighted by molar-refractivity contribution is 0.0944. The summed E-state index contributed by atoms with van der Waals surface area (Å²) < 4.78 is 0. The number of carbonyl (C=O) groups is 2. The van der Waals surface area contributed by atoms with Gasteiger partial charge in [0.2, 0.25) is 0 Å². The highest BCUT2D eigenvalue weighted by Gasteiger charge is 2.17. The molecule has 2 aromatic rings. The van der Waals surface area contributed by atoms with Gasteiger partial charge in [0, 0.05) is 23.0 Å². The minimum absolute atomic E-state index is 0.0209. The fourth-order valence-electron chi connectivity index (χ4n) is 1.85. The average molecular weight is 353 g/mol. The number of hydrogen-bond donors (Lipinski definition) is 3. The minimum atomic E-state index is -0.415. The molecule has 2 rings (SSSR count). The van der Waals surface area contributed by atoms with E-state index in [4.69, 9.17) is 17.3 Å². The van der Waals surface area contributed by atoms with Crippen LogP contribution in [0.1, 0.15) is 39.7 Å². The van der Waals surface area contributed by atoms with E-state index in [1.54, 1.807) is 17.5 Å². The topological polar surface area (TPSA) is 97.1 Å². The van der Waals surface area contributed by atoms with Gasteiger partial charge < -0.3 is 16.4 Å². The second-order valence-corrected chi connectivity index (χ2v) is 6.48. The number of nitrogens with two attached hydrogens (primary N) is 1. The standard InChI is InChI=1S/C15H17ClN4O2S/c1-8(2)18-14(21)10-4-3-9(16)5-11(10)20-15(22)12-7-23-13(6-17)19-12/h3-5,7-8H,6,17H2,1-2H3,(H,18,21)(H,20,22). The van der Waals surface area contributed by atoms with Crippen molar-refractivity contribution in [3.8, 4) is 0 Å². The lowest BCUT2D eigenvalue weighted by Crippen LogP contribution is -2.31. The molecule has 23 heavy (non-hydrogen) atoms. The van der Waals surface area contributed by atoms with E-state index in [0.717, 1.165) is 0 Å². The monoisotopic (exact) mass is 352 g/mol. The Hall–Kier alpha value is -1.96. The highest BCUT2D eigenvalue weighted by molar-refractivity contribution is 7.09. The second-order valence-electron chi connectivity index (χ2n) is 5.10. The van der Waals surface area contributed by atoms with Crippen molar-refractivity contribution in [1.82, 2.24) is 10.3 Å². The maximum Gasteiger partial charge on any atom is 0.275 e. The van der Waals surface area contributed by atoms with E-state index < -0.39 is 5.91 Å². The molecule has 0 fully saturated rings. The maximum atomic E-state index is 12.3. The summed E-state index contributed by atoms with van der Waals surface area (Å²) in [7, 11) is 0. The highest BCUT2D eigenvalue weighted by Crippen LogP contribution is 2.22. The lowest BCUT2D eigenvalue weighted by atomic mass is 10.1. The van der Waals surface area contributed by atoms with Gasteiger partial charge in [-0.2, -0.15) is 0 Å². The second kappa shape index (κ2) is 7.54. The number of nitrogens with one attached hydrogen (secondary N) is 2. The van der Waals surface area contributed by atoms with Crippen LogP contribution in [0.5, 0.6) is 0 Å². The molecule has 0 bridgehead atoms. The number of aromatic nitrogens is 1. The van der Waals surface area contributed by atoms with E-state index in [0.29, 0.717) is 21.3 Å². The highest BCUT2D eigenvalue weighted by atomic mass is 35.5. The molecule has 0 radical (unpaired) electrons. The van der Waals surface area contributed by atoms with Gasteiger partial charge in [-0.3, -0.25) is 9.59 Å². The fourth-order valence-corrected chi connectivity index (χ4v) is 2.68. The quantitative estimate of drug-likeness (QED) is 0.770. The van der Waals surface area contributed by atoms with Crippen LogP contribution in [-0.4, -0.2) is 22.8 Å². The molecule has 0 aliphatic carbocycles. The summed E-state index contributed by atoms with van der Waals surface area (Å²) in [6.45, 7) is 3.99. The van der Waals surface area contributed by atoms with Gasteiger partial charge >= 0.3 is 0 Å². The number of anilines is 1. The first-order valence-corrected chi connectivity index (χ1v) is 8.22. The van der Waals surface area contributed by atoms with Gasteiger partial charge in [0.05, 0.1) is 11.3 Å². The zero-order valence-electron chi connectivity index (χ0n) is 12.7. The van der Waals surface area contributed by atoms with Crippen LogP contribution in [0.3, 0.4) is 0 Å². The molecule has 0 aliphatic heterocycles. The summed E-state index contributed by atoms with van der Waals surface area (Å²) in [5, 5.41) is 8.17. The van der Waals surface area contributed by atoms with E-state index in [-0.39, 0.29) is 24.2 Å². The third-order valence-corrected chi connectivity index (χ3v) is 3.96. The van der Waals surface area contributed by atoms with Crippen molar-refractivity contribution in [2.24, 2.45) is 5.73 Å². The van der Waals surface area contributed by atoms with Crippen molar-refractivity contribution in [3.05, 3.63) is 44.9 Å². The van der Waals surface area contributed by atoms with Crippen LogP contribution in [0.15, 0.2) is 23.6 Å². The van der Waals surface area contributed by atoms with Crippen molar-refractivity contribution in [2.45, 2.75) is 26.4 Å².